The smallest absolute Gasteiger partial charge is 0.239 e. The maximum Gasteiger partial charge on any atom is 0.239 e. The van der Waals surface area contributed by atoms with E-state index in [1.54, 1.807) is 7.11 Å². The summed E-state index contributed by atoms with van der Waals surface area (Å²) < 4.78 is 5.51. The largest absolute Gasteiger partial charge is 0.496 e. The van der Waals surface area contributed by atoms with E-state index in [0.717, 1.165) is 30.9 Å². The highest BCUT2D eigenvalue weighted by atomic mass is 16.5. The number of aryl methyl sites for hydroxylation is 1. The molecule has 3 rings (SSSR count). The third-order valence-corrected chi connectivity index (χ3v) is 4.91. The van der Waals surface area contributed by atoms with Gasteiger partial charge in [0.2, 0.25) is 5.91 Å². The van der Waals surface area contributed by atoms with E-state index < -0.39 is 0 Å². The Bertz CT molecular complexity index is 730. The van der Waals surface area contributed by atoms with Crippen molar-refractivity contribution in [3.63, 3.8) is 0 Å². The average molecular weight is 338 g/mol. The lowest BCUT2D eigenvalue weighted by atomic mass is 10.1. The number of hydrogen-bond donors (Lipinski definition) is 0. The number of piperazine rings is 1. The first-order valence-corrected chi connectivity index (χ1v) is 8.79. The second-order valence-electron chi connectivity index (χ2n) is 6.71. The highest BCUT2D eigenvalue weighted by molar-refractivity contribution is 5.82. The molecule has 2 aromatic rings. The van der Waals surface area contributed by atoms with Crippen LogP contribution in [0.15, 0.2) is 48.5 Å². The predicted octanol–water partition coefficient (Wildman–Crippen LogP) is 3.24. The molecular formula is C21H26N2O2. The number of hydrogen-bond acceptors (Lipinski definition) is 3. The zero-order chi connectivity index (χ0) is 17.8. The fourth-order valence-electron chi connectivity index (χ4n) is 3.35. The van der Waals surface area contributed by atoms with Gasteiger partial charge in [0.15, 0.2) is 0 Å². The van der Waals surface area contributed by atoms with Gasteiger partial charge in [0.05, 0.1) is 13.2 Å². The first-order valence-electron chi connectivity index (χ1n) is 8.79. The highest BCUT2D eigenvalue weighted by Gasteiger charge is 2.31. The highest BCUT2D eigenvalue weighted by Crippen LogP contribution is 2.24. The zero-order valence-corrected chi connectivity index (χ0v) is 15.2. The topological polar surface area (TPSA) is 32.8 Å². The molecule has 0 unspecified atom stereocenters. The molecule has 0 saturated carbocycles. The Morgan fingerprint density at radius 1 is 1.08 bits per heavy atom. The Labute approximate surface area is 150 Å². The van der Waals surface area contributed by atoms with E-state index in [1.807, 2.05) is 36.1 Å². The van der Waals surface area contributed by atoms with E-state index >= 15 is 0 Å². The van der Waals surface area contributed by atoms with Crippen LogP contribution in [0.5, 0.6) is 5.75 Å². The van der Waals surface area contributed by atoms with Crippen LogP contribution in [0.2, 0.25) is 0 Å². The minimum atomic E-state index is -0.122. The zero-order valence-electron chi connectivity index (χ0n) is 15.2. The molecule has 1 atom stereocenters. The summed E-state index contributed by atoms with van der Waals surface area (Å²) in [6.45, 7) is 7.10. The molecule has 0 bridgehead atoms. The molecular weight excluding hydrogens is 312 g/mol. The van der Waals surface area contributed by atoms with E-state index in [0.29, 0.717) is 6.54 Å². The van der Waals surface area contributed by atoms with Crippen LogP contribution < -0.4 is 4.74 Å². The lowest BCUT2D eigenvalue weighted by Gasteiger charge is -2.39. The van der Waals surface area contributed by atoms with Crippen molar-refractivity contribution >= 4 is 5.91 Å². The predicted molar refractivity (Wildman–Crippen MR) is 99.5 cm³/mol. The average Bonchev–Trinajstić information content (AvgIpc) is 2.63. The number of methoxy groups -OCH3 is 1. The lowest BCUT2D eigenvalue weighted by molar-refractivity contribution is -0.142. The molecule has 132 valence electrons. The van der Waals surface area contributed by atoms with Gasteiger partial charge in [-0.15, -0.1) is 0 Å². The number of nitrogens with zero attached hydrogens (tertiary/aromatic N) is 2. The molecule has 1 aliphatic rings. The van der Waals surface area contributed by atoms with Crippen LogP contribution in [0.3, 0.4) is 0 Å². The van der Waals surface area contributed by atoms with Gasteiger partial charge in [-0.2, -0.15) is 0 Å². The summed E-state index contributed by atoms with van der Waals surface area (Å²) in [6, 6.07) is 16.3. The molecule has 2 aromatic carbocycles. The van der Waals surface area contributed by atoms with Gasteiger partial charge < -0.3 is 9.64 Å². The maximum absolute atomic E-state index is 12.8. The lowest BCUT2D eigenvalue weighted by Crippen LogP contribution is -2.54. The first-order chi connectivity index (χ1) is 12.1. The summed E-state index contributed by atoms with van der Waals surface area (Å²) >= 11 is 0. The number of benzene rings is 2. The van der Waals surface area contributed by atoms with Crippen molar-refractivity contribution in [3.8, 4) is 5.75 Å². The Hall–Kier alpha value is -2.33. The van der Waals surface area contributed by atoms with Crippen LogP contribution in [0.4, 0.5) is 0 Å². The molecule has 4 heteroatoms. The van der Waals surface area contributed by atoms with Crippen LogP contribution in [-0.2, 0) is 17.9 Å². The number of ether oxygens (including phenoxy) is 1. The monoisotopic (exact) mass is 338 g/mol. The normalized spacial score (nSPS) is 18.4. The van der Waals surface area contributed by atoms with E-state index in [1.165, 1.54) is 11.1 Å². The van der Waals surface area contributed by atoms with Crippen molar-refractivity contribution in [1.82, 2.24) is 9.80 Å². The fourth-order valence-corrected chi connectivity index (χ4v) is 3.35. The van der Waals surface area contributed by atoms with Gasteiger partial charge in [0.1, 0.15) is 5.75 Å². The van der Waals surface area contributed by atoms with E-state index in [9.17, 15) is 4.79 Å². The summed E-state index contributed by atoms with van der Waals surface area (Å²) in [4.78, 5) is 17.0. The molecule has 1 saturated heterocycles. The molecule has 0 radical (unpaired) electrons. The van der Waals surface area contributed by atoms with Crippen LogP contribution in [-0.4, -0.2) is 41.9 Å². The van der Waals surface area contributed by atoms with Crippen molar-refractivity contribution in [1.29, 1.82) is 0 Å². The Balaban J connectivity index is 1.67. The molecule has 1 amide bonds. The van der Waals surface area contributed by atoms with E-state index in [-0.39, 0.29) is 11.9 Å². The molecule has 0 N–H and O–H groups in total. The quantitative estimate of drug-likeness (QED) is 0.839. The minimum absolute atomic E-state index is 0.122. The van der Waals surface area contributed by atoms with E-state index in [4.69, 9.17) is 4.74 Å². The fraction of sp³-hybridized carbons (Fsp3) is 0.381. The number of carbonyl (C=O) groups excluding carboxylic acids is 1. The minimum Gasteiger partial charge on any atom is -0.496 e. The summed E-state index contributed by atoms with van der Waals surface area (Å²) in [5, 5.41) is 0. The number of carbonyl (C=O) groups is 1. The summed E-state index contributed by atoms with van der Waals surface area (Å²) in [7, 11) is 1.70. The van der Waals surface area contributed by atoms with Crippen molar-refractivity contribution < 1.29 is 9.53 Å². The van der Waals surface area contributed by atoms with Gasteiger partial charge in [-0.3, -0.25) is 9.69 Å². The third-order valence-electron chi connectivity index (χ3n) is 4.91. The molecule has 0 aliphatic carbocycles. The van der Waals surface area contributed by atoms with Crippen LogP contribution in [0.25, 0.3) is 0 Å². The summed E-state index contributed by atoms with van der Waals surface area (Å²) in [5.41, 5.74) is 3.48. The second kappa shape index (κ2) is 7.70. The van der Waals surface area contributed by atoms with Crippen LogP contribution in [0.1, 0.15) is 23.6 Å². The van der Waals surface area contributed by atoms with Crippen LogP contribution >= 0.6 is 0 Å². The van der Waals surface area contributed by atoms with Crippen LogP contribution in [0, 0.1) is 6.92 Å². The van der Waals surface area contributed by atoms with Gasteiger partial charge in [-0.05, 0) is 31.0 Å². The van der Waals surface area contributed by atoms with Gasteiger partial charge in [-0.25, -0.2) is 0 Å². The molecule has 25 heavy (non-hydrogen) atoms. The van der Waals surface area contributed by atoms with Crippen molar-refractivity contribution in [2.75, 3.05) is 20.2 Å². The molecule has 0 spiro atoms. The SMILES string of the molecule is COc1cc(C)ccc1CN1CCN(Cc2ccccc2)C(=O)[C@@H]1C. The standard InChI is InChI=1S/C21H26N2O2/c1-16-9-10-19(20(13-16)25-3)15-22-11-12-23(21(24)17(22)2)14-18-7-5-4-6-8-18/h4-10,13,17H,11-12,14-15H2,1-3H3/t17-/m0/s1. The van der Waals surface area contributed by atoms with Crippen molar-refractivity contribution in [2.45, 2.75) is 33.0 Å². The summed E-state index contributed by atoms with van der Waals surface area (Å²) in [5.74, 6) is 1.09. The Morgan fingerprint density at radius 3 is 2.56 bits per heavy atom. The molecule has 1 heterocycles. The van der Waals surface area contributed by atoms with Gasteiger partial charge in [0.25, 0.3) is 0 Å². The number of rotatable bonds is 5. The molecule has 1 aliphatic heterocycles. The Morgan fingerprint density at radius 2 is 1.84 bits per heavy atom. The van der Waals surface area contributed by atoms with E-state index in [2.05, 4.69) is 36.1 Å². The molecule has 1 fully saturated rings. The first kappa shape index (κ1) is 17.5. The molecule has 0 aromatic heterocycles. The van der Waals surface area contributed by atoms with Crippen molar-refractivity contribution in [2.24, 2.45) is 0 Å². The second-order valence-corrected chi connectivity index (χ2v) is 6.71. The molecule has 4 nitrogen and oxygen atoms in total. The van der Waals surface area contributed by atoms with Gasteiger partial charge in [-0.1, -0.05) is 42.5 Å². The maximum atomic E-state index is 12.8. The number of amides is 1. The summed E-state index contributed by atoms with van der Waals surface area (Å²) in [6.07, 6.45) is 0. The van der Waals surface area contributed by atoms with Crippen molar-refractivity contribution in [3.05, 3.63) is 65.2 Å². The Kier molecular flexibility index (Phi) is 5.39. The van der Waals surface area contributed by atoms with Gasteiger partial charge in [0, 0.05) is 31.7 Å². The van der Waals surface area contributed by atoms with Gasteiger partial charge >= 0.3 is 0 Å². The third kappa shape index (κ3) is 4.02.